The lowest BCUT2D eigenvalue weighted by atomic mass is 10.1. The molecule has 0 radical (unpaired) electrons. The molecule has 0 unspecified atom stereocenters. The van der Waals surface area contributed by atoms with E-state index in [-0.39, 0.29) is 11.8 Å². The minimum absolute atomic E-state index is 0.0481. The average molecular weight is 347 g/mol. The molecule has 0 saturated heterocycles. The highest BCUT2D eigenvalue weighted by molar-refractivity contribution is 5.82. The molecule has 2 atom stereocenters. The van der Waals surface area contributed by atoms with E-state index in [1.165, 1.54) is 5.56 Å². The van der Waals surface area contributed by atoms with Gasteiger partial charge in [-0.2, -0.15) is 0 Å². The molecule has 1 saturated carbocycles. The summed E-state index contributed by atoms with van der Waals surface area (Å²) in [6.07, 6.45) is 2.69. The quantitative estimate of drug-likeness (QED) is 0.717. The van der Waals surface area contributed by atoms with E-state index in [4.69, 9.17) is 4.74 Å². The number of ether oxygens (including phenoxy) is 1. The summed E-state index contributed by atoms with van der Waals surface area (Å²) in [6, 6.07) is 18.0. The molecule has 0 bridgehead atoms. The molecule has 5 heteroatoms. The number of carbonyl (C=O) groups excluding carboxylic acids is 1. The number of H-pyrrole nitrogens is 1. The van der Waals surface area contributed by atoms with Crippen LogP contribution in [0.5, 0.6) is 5.75 Å². The first-order valence-corrected chi connectivity index (χ1v) is 8.75. The van der Waals surface area contributed by atoms with Crippen LogP contribution in [-0.2, 0) is 11.3 Å². The number of methoxy groups -OCH3 is 1. The second kappa shape index (κ2) is 7.04. The molecule has 1 aliphatic rings. The van der Waals surface area contributed by atoms with E-state index in [1.54, 1.807) is 13.3 Å². The Balaban J connectivity index is 1.31. The second-order valence-corrected chi connectivity index (χ2v) is 6.55. The van der Waals surface area contributed by atoms with Crippen LogP contribution in [0, 0.1) is 5.92 Å². The highest BCUT2D eigenvalue weighted by Gasteiger charge is 2.43. The van der Waals surface area contributed by atoms with Crippen molar-refractivity contribution in [2.45, 2.75) is 18.9 Å². The SMILES string of the molecule is COc1ccc([C@H]2C[C@@H]2C(=O)NCc2ncc(-c3ccccc3)[nH]2)cc1. The van der Waals surface area contributed by atoms with Crippen molar-refractivity contribution in [1.29, 1.82) is 0 Å². The van der Waals surface area contributed by atoms with Gasteiger partial charge in [0.25, 0.3) is 0 Å². The number of amides is 1. The number of rotatable bonds is 6. The molecule has 1 aliphatic carbocycles. The molecule has 2 aromatic carbocycles. The normalized spacial score (nSPS) is 18.3. The standard InChI is InChI=1S/C21H21N3O2/c1-26-16-9-7-14(8-10-16)17-11-18(17)21(25)23-13-20-22-12-19(24-20)15-5-3-2-4-6-15/h2-10,12,17-18H,11,13H2,1H3,(H,22,24)(H,23,25)/t17-,18+/m1/s1. The lowest BCUT2D eigenvalue weighted by Crippen LogP contribution is -2.25. The summed E-state index contributed by atoms with van der Waals surface area (Å²) >= 11 is 0. The molecule has 5 nitrogen and oxygen atoms in total. The van der Waals surface area contributed by atoms with Crippen LogP contribution in [0.25, 0.3) is 11.3 Å². The van der Waals surface area contributed by atoms with E-state index in [9.17, 15) is 4.79 Å². The largest absolute Gasteiger partial charge is 0.497 e. The molecule has 0 aliphatic heterocycles. The topological polar surface area (TPSA) is 67.0 Å². The Hall–Kier alpha value is -3.08. The van der Waals surface area contributed by atoms with Crippen LogP contribution in [0.4, 0.5) is 0 Å². The van der Waals surface area contributed by atoms with Crippen molar-refractivity contribution in [1.82, 2.24) is 15.3 Å². The maximum atomic E-state index is 12.4. The third kappa shape index (κ3) is 3.47. The maximum Gasteiger partial charge on any atom is 0.224 e. The van der Waals surface area contributed by atoms with E-state index in [1.807, 2.05) is 54.6 Å². The highest BCUT2D eigenvalue weighted by Crippen LogP contribution is 2.47. The number of hydrogen-bond acceptors (Lipinski definition) is 3. The van der Waals surface area contributed by atoms with Gasteiger partial charge in [-0.05, 0) is 35.6 Å². The van der Waals surface area contributed by atoms with Gasteiger partial charge in [0.2, 0.25) is 5.91 Å². The van der Waals surface area contributed by atoms with Gasteiger partial charge < -0.3 is 15.0 Å². The van der Waals surface area contributed by atoms with Crippen molar-refractivity contribution in [3.8, 4) is 17.0 Å². The van der Waals surface area contributed by atoms with Crippen LogP contribution in [-0.4, -0.2) is 23.0 Å². The number of hydrogen-bond donors (Lipinski definition) is 2. The molecule has 1 heterocycles. The highest BCUT2D eigenvalue weighted by atomic mass is 16.5. The van der Waals surface area contributed by atoms with Crippen molar-refractivity contribution >= 4 is 5.91 Å². The van der Waals surface area contributed by atoms with E-state index < -0.39 is 0 Å². The Morgan fingerprint density at radius 1 is 1.19 bits per heavy atom. The summed E-state index contributed by atoms with van der Waals surface area (Å²) in [5.74, 6) is 2.04. The van der Waals surface area contributed by atoms with Gasteiger partial charge in [0.15, 0.2) is 0 Å². The van der Waals surface area contributed by atoms with Crippen LogP contribution < -0.4 is 10.1 Å². The second-order valence-electron chi connectivity index (χ2n) is 6.55. The zero-order chi connectivity index (χ0) is 17.9. The van der Waals surface area contributed by atoms with Crippen molar-refractivity contribution in [3.63, 3.8) is 0 Å². The van der Waals surface area contributed by atoms with Crippen molar-refractivity contribution in [2.24, 2.45) is 5.92 Å². The molecule has 1 amide bonds. The number of imidazole rings is 1. The van der Waals surface area contributed by atoms with E-state index in [2.05, 4.69) is 15.3 Å². The molecule has 1 fully saturated rings. The fourth-order valence-electron chi connectivity index (χ4n) is 3.22. The van der Waals surface area contributed by atoms with Crippen molar-refractivity contribution in [3.05, 3.63) is 72.2 Å². The minimum Gasteiger partial charge on any atom is -0.497 e. The first kappa shape index (κ1) is 16.4. The summed E-state index contributed by atoms with van der Waals surface area (Å²) < 4.78 is 5.18. The van der Waals surface area contributed by atoms with E-state index >= 15 is 0 Å². The molecular weight excluding hydrogens is 326 g/mol. The third-order valence-electron chi connectivity index (χ3n) is 4.81. The molecular formula is C21H21N3O2. The third-order valence-corrected chi connectivity index (χ3v) is 4.81. The average Bonchev–Trinajstić information content (AvgIpc) is 3.36. The van der Waals surface area contributed by atoms with Crippen molar-refractivity contribution in [2.75, 3.05) is 7.11 Å². The number of nitrogens with zero attached hydrogens (tertiary/aromatic N) is 1. The molecule has 132 valence electrons. The lowest BCUT2D eigenvalue weighted by molar-refractivity contribution is -0.122. The summed E-state index contributed by atoms with van der Waals surface area (Å²) in [5.41, 5.74) is 3.23. The summed E-state index contributed by atoms with van der Waals surface area (Å²) in [7, 11) is 1.65. The number of benzene rings is 2. The molecule has 26 heavy (non-hydrogen) atoms. The van der Waals surface area contributed by atoms with Crippen LogP contribution in [0.1, 0.15) is 23.7 Å². The number of aromatic nitrogens is 2. The Bertz CT molecular complexity index is 887. The number of nitrogens with one attached hydrogen (secondary N) is 2. The minimum atomic E-state index is 0.0481. The number of aromatic amines is 1. The maximum absolute atomic E-state index is 12.4. The molecule has 4 rings (SSSR count). The van der Waals surface area contributed by atoms with Crippen LogP contribution in [0.3, 0.4) is 0 Å². The molecule has 2 N–H and O–H groups in total. The fraction of sp³-hybridized carbons (Fsp3) is 0.238. The Morgan fingerprint density at radius 2 is 1.96 bits per heavy atom. The Kier molecular flexibility index (Phi) is 4.44. The van der Waals surface area contributed by atoms with E-state index in [0.717, 1.165) is 29.3 Å². The zero-order valence-corrected chi connectivity index (χ0v) is 14.6. The molecule has 3 aromatic rings. The van der Waals surface area contributed by atoms with Crippen LogP contribution >= 0.6 is 0 Å². The first-order valence-electron chi connectivity index (χ1n) is 8.75. The Labute approximate surface area is 152 Å². The van der Waals surface area contributed by atoms with Gasteiger partial charge in [0.1, 0.15) is 11.6 Å². The Morgan fingerprint density at radius 3 is 2.69 bits per heavy atom. The predicted molar refractivity (Wildman–Crippen MR) is 99.7 cm³/mol. The van der Waals surface area contributed by atoms with Crippen LogP contribution in [0.15, 0.2) is 60.8 Å². The van der Waals surface area contributed by atoms with Crippen LogP contribution in [0.2, 0.25) is 0 Å². The summed E-state index contributed by atoms with van der Waals surface area (Å²) in [5, 5.41) is 2.99. The van der Waals surface area contributed by atoms with Gasteiger partial charge >= 0.3 is 0 Å². The lowest BCUT2D eigenvalue weighted by Gasteiger charge is -2.04. The van der Waals surface area contributed by atoms with Gasteiger partial charge in [-0.15, -0.1) is 0 Å². The van der Waals surface area contributed by atoms with Crippen molar-refractivity contribution < 1.29 is 9.53 Å². The van der Waals surface area contributed by atoms with Gasteiger partial charge in [0, 0.05) is 5.92 Å². The van der Waals surface area contributed by atoms with Gasteiger partial charge in [-0.25, -0.2) is 4.98 Å². The van der Waals surface area contributed by atoms with E-state index in [0.29, 0.717) is 12.5 Å². The predicted octanol–water partition coefficient (Wildman–Crippen LogP) is 3.51. The summed E-state index contributed by atoms with van der Waals surface area (Å²) in [4.78, 5) is 20.0. The number of carbonyl (C=O) groups is 1. The van der Waals surface area contributed by atoms with Gasteiger partial charge in [-0.3, -0.25) is 4.79 Å². The fourth-order valence-corrected chi connectivity index (χ4v) is 3.22. The van der Waals surface area contributed by atoms with Gasteiger partial charge in [0.05, 0.1) is 25.5 Å². The molecule has 1 aromatic heterocycles. The van der Waals surface area contributed by atoms with Gasteiger partial charge in [-0.1, -0.05) is 42.5 Å². The molecule has 0 spiro atoms. The zero-order valence-electron chi connectivity index (χ0n) is 14.6. The smallest absolute Gasteiger partial charge is 0.224 e. The monoisotopic (exact) mass is 347 g/mol. The first-order chi connectivity index (χ1) is 12.7. The summed E-state index contributed by atoms with van der Waals surface area (Å²) in [6.45, 7) is 0.414.